The molecular formula is C14H15NO2S. The van der Waals surface area contributed by atoms with Gasteiger partial charge in [-0.05, 0) is 42.8 Å². The maximum Gasteiger partial charge on any atom is 0.252 e. The van der Waals surface area contributed by atoms with E-state index in [9.17, 15) is 4.79 Å². The van der Waals surface area contributed by atoms with Crippen molar-refractivity contribution in [2.75, 3.05) is 6.61 Å². The average Bonchev–Trinajstić information content (AvgIpc) is 2.40. The topological polar surface area (TPSA) is 42.1 Å². The SMILES string of the molecule is CCOc1ccc(-c2ccc(CS)c(=O)[nH]2)cc1. The Balaban J connectivity index is 2.31. The Morgan fingerprint density at radius 2 is 1.89 bits per heavy atom. The highest BCUT2D eigenvalue weighted by Gasteiger charge is 2.02. The van der Waals surface area contributed by atoms with Crippen molar-refractivity contribution in [2.45, 2.75) is 12.7 Å². The van der Waals surface area contributed by atoms with Gasteiger partial charge in [0.1, 0.15) is 5.75 Å². The summed E-state index contributed by atoms with van der Waals surface area (Å²) in [6.07, 6.45) is 0. The molecule has 94 valence electrons. The lowest BCUT2D eigenvalue weighted by atomic mass is 10.1. The van der Waals surface area contributed by atoms with Crippen LogP contribution in [0.25, 0.3) is 11.3 Å². The van der Waals surface area contributed by atoms with Crippen molar-refractivity contribution in [1.29, 1.82) is 0 Å². The van der Waals surface area contributed by atoms with Crippen molar-refractivity contribution in [1.82, 2.24) is 4.98 Å². The van der Waals surface area contributed by atoms with Crippen LogP contribution in [0.5, 0.6) is 5.75 Å². The quantitative estimate of drug-likeness (QED) is 0.831. The minimum absolute atomic E-state index is 0.0867. The zero-order valence-corrected chi connectivity index (χ0v) is 11.0. The van der Waals surface area contributed by atoms with Gasteiger partial charge in [-0.15, -0.1) is 0 Å². The summed E-state index contributed by atoms with van der Waals surface area (Å²) < 4.78 is 5.37. The van der Waals surface area contributed by atoms with Crippen LogP contribution in [0, 0.1) is 0 Å². The van der Waals surface area contributed by atoms with Gasteiger partial charge in [0.25, 0.3) is 5.56 Å². The number of hydrogen-bond acceptors (Lipinski definition) is 3. The van der Waals surface area contributed by atoms with Crippen molar-refractivity contribution in [3.63, 3.8) is 0 Å². The molecule has 0 unspecified atom stereocenters. The second kappa shape index (κ2) is 5.78. The van der Waals surface area contributed by atoms with Crippen molar-refractivity contribution < 1.29 is 4.74 Å². The molecule has 2 rings (SSSR count). The Hall–Kier alpha value is -1.68. The van der Waals surface area contributed by atoms with E-state index in [4.69, 9.17) is 4.74 Å². The van der Waals surface area contributed by atoms with E-state index in [0.717, 1.165) is 17.0 Å². The lowest BCUT2D eigenvalue weighted by Crippen LogP contribution is -2.11. The molecule has 0 saturated carbocycles. The van der Waals surface area contributed by atoms with Crippen molar-refractivity contribution in [3.05, 3.63) is 52.3 Å². The van der Waals surface area contributed by atoms with Crippen LogP contribution in [-0.2, 0) is 5.75 Å². The average molecular weight is 261 g/mol. The second-order valence-corrected chi connectivity index (χ2v) is 4.16. The normalized spacial score (nSPS) is 10.3. The molecule has 1 N–H and O–H groups in total. The van der Waals surface area contributed by atoms with E-state index in [1.807, 2.05) is 37.3 Å². The lowest BCUT2D eigenvalue weighted by molar-refractivity contribution is 0.340. The summed E-state index contributed by atoms with van der Waals surface area (Å²) in [6.45, 7) is 2.59. The van der Waals surface area contributed by atoms with Crippen LogP contribution in [0.4, 0.5) is 0 Å². The molecule has 0 amide bonds. The third-order valence-corrected chi connectivity index (χ3v) is 2.98. The second-order valence-electron chi connectivity index (χ2n) is 3.84. The third-order valence-electron chi connectivity index (χ3n) is 2.64. The van der Waals surface area contributed by atoms with E-state index < -0.39 is 0 Å². The van der Waals surface area contributed by atoms with Gasteiger partial charge in [0.15, 0.2) is 0 Å². The smallest absolute Gasteiger partial charge is 0.252 e. The summed E-state index contributed by atoms with van der Waals surface area (Å²) in [5.74, 6) is 1.27. The molecule has 1 aromatic heterocycles. The number of nitrogens with one attached hydrogen (secondary N) is 1. The number of ether oxygens (including phenoxy) is 1. The van der Waals surface area contributed by atoms with E-state index in [0.29, 0.717) is 17.9 Å². The van der Waals surface area contributed by atoms with E-state index in [1.165, 1.54) is 0 Å². The zero-order valence-electron chi connectivity index (χ0n) is 10.1. The summed E-state index contributed by atoms with van der Waals surface area (Å²) in [7, 11) is 0. The van der Waals surface area contributed by atoms with Crippen LogP contribution in [0.2, 0.25) is 0 Å². The lowest BCUT2D eigenvalue weighted by Gasteiger charge is -2.05. The van der Waals surface area contributed by atoms with Crippen molar-refractivity contribution in [2.24, 2.45) is 0 Å². The van der Waals surface area contributed by atoms with E-state index in [2.05, 4.69) is 17.6 Å². The van der Waals surface area contributed by atoms with Gasteiger partial charge >= 0.3 is 0 Å². The molecule has 1 aromatic carbocycles. The van der Waals surface area contributed by atoms with Crippen molar-refractivity contribution >= 4 is 12.6 Å². The molecule has 0 saturated heterocycles. The zero-order chi connectivity index (χ0) is 13.0. The summed E-state index contributed by atoms with van der Waals surface area (Å²) in [6, 6.07) is 11.3. The van der Waals surface area contributed by atoms with Gasteiger partial charge < -0.3 is 9.72 Å². The van der Waals surface area contributed by atoms with Gasteiger partial charge in [0, 0.05) is 17.0 Å². The van der Waals surface area contributed by atoms with Crippen LogP contribution in [-0.4, -0.2) is 11.6 Å². The Morgan fingerprint density at radius 3 is 2.44 bits per heavy atom. The molecule has 0 fully saturated rings. The summed E-state index contributed by atoms with van der Waals surface area (Å²) in [4.78, 5) is 14.5. The maximum atomic E-state index is 11.7. The van der Waals surface area contributed by atoms with Crippen LogP contribution in [0.3, 0.4) is 0 Å². The summed E-state index contributed by atoms with van der Waals surface area (Å²) >= 11 is 4.10. The molecule has 0 aliphatic carbocycles. The van der Waals surface area contributed by atoms with Gasteiger partial charge in [-0.1, -0.05) is 6.07 Å². The molecule has 0 spiro atoms. The van der Waals surface area contributed by atoms with Crippen LogP contribution < -0.4 is 10.3 Å². The van der Waals surface area contributed by atoms with Crippen LogP contribution in [0.1, 0.15) is 12.5 Å². The highest BCUT2D eigenvalue weighted by Crippen LogP contribution is 2.20. The first-order chi connectivity index (χ1) is 8.74. The molecule has 4 heteroatoms. The molecule has 0 aliphatic rings. The molecule has 18 heavy (non-hydrogen) atoms. The predicted octanol–water partition coefficient (Wildman–Crippen LogP) is 2.87. The van der Waals surface area contributed by atoms with Gasteiger partial charge in [-0.2, -0.15) is 12.6 Å². The van der Waals surface area contributed by atoms with Gasteiger partial charge in [0.05, 0.1) is 6.61 Å². The number of benzene rings is 1. The molecule has 3 nitrogen and oxygen atoms in total. The van der Waals surface area contributed by atoms with Crippen LogP contribution >= 0.6 is 12.6 Å². The number of aromatic nitrogens is 1. The molecular weight excluding hydrogens is 246 g/mol. The molecule has 2 aromatic rings. The number of thiol groups is 1. The summed E-state index contributed by atoms with van der Waals surface area (Å²) in [5.41, 5.74) is 2.35. The highest BCUT2D eigenvalue weighted by atomic mass is 32.1. The minimum Gasteiger partial charge on any atom is -0.494 e. The van der Waals surface area contributed by atoms with E-state index >= 15 is 0 Å². The number of pyridine rings is 1. The highest BCUT2D eigenvalue weighted by molar-refractivity contribution is 7.79. The van der Waals surface area contributed by atoms with E-state index in [1.54, 1.807) is 6.07 Å². The fourth-order valence-electron chi connectivity index (χ4n) is 1.69. The summed E-state index contributed by atoms with van der Waals surface area (Å²) in [5, 5.41) is 0. The predicted molar refractivity (Wildman–Crippen MR) is 76.4 cm³/mol. The Labute approximate surface area is 111 Å². The Morgan fingerprint density at radius 1 is 1.17 bits per heavy atom. The number of rotatable bonds is 4. The molecule has 1 heterocycles. The fourth-order valence-corrected chi connectivity index (χ4v) is 1.94. The van der Waals surface area contributed by atoms with Crippen LogP contribution in [0.15, 0.2) is 41.2 Å². The first kappa shape index (κ1) is 12.8. The van der Waals surface area contributed by atoms with Gasteiger partial charge in [-0.3, -0.25) is 4.79 Å². The van der Waals surface area contributed by atoms with Gasteiger partial charge in [0.2, 0.25) is 0 Å². The molecule has 0 radical (unpaired) electrons. The van der Waals surface area contributed by atoms with E-state index in [-0.39, 0.29) is 5.56 Å². The Kier molecular flexibility index (Phi) is 4.10. The fraction of sp³-hybridized carbons (Fsp3) is 0.214. The monoisotopic (exact) mass is 261 g/mol. The molecule has 0 bridgehead atoms. The van der Waals surface area contributed by atoms with Crippen molar-refractivity contribution in [3.8, 4) is 17.0 Å². The maximum absolute atomic E-state index is 11.7. The van der Waals surface area contributed by atoms with Gasteiger partial charge in [-0.25, -0.2) is 0 Å². The molecule has 0 atom stereocenters. The minimum atomic E-state index is -0.0867. The standard InChI is InChI=1S/C14H15NO2S/c1-2-17-12-6-3-10(4-7-12)13-8-5-11(9-18)14(16)15-13/h3-8,18H,2,9H2,1H3,(H,15,16). The first-order valence-corrected chi connectivity index (χ1v) is 6.44. The first-order valence-electron chi connectivity index (χ1n) is 5.81. The largest absolute Gasteiger partial charge is 0.494 e. The molecule has 0 aliphatic heterocycles. The number of hydrogen-bond donors (Lipinski definition) is 2. The third kappa shape index (κ3) is 2.76. The number of H-pyrrole nitrogens is 1. The number of aromatic amines is 1. The Bertz CT molecular complexity index is 575.